The number of aliphatic hydroxyl groups excluding tert-OH is 1. The van der Waals surface area contributed by atoms with Crippen molar-refractivity contribution in [3.63, 3.8) is 0 Å². The third kappa shape index (κ3) is 5.99. The number of ether oxygens (including phenoxy) is 2. The van der Waals surface area contributed by atoms with Crippen molar-refractivity contribution < 1.29 is 14.6 Å². The standard InChI is InChI=1S/C15H23NO3.C4H10.CH4/c1-4-16-7-5-11-9-14(18-2)15(19-3)10-12(11)13(16)6-8-17;1-4(2)3;/h9-10,13,17H,4-8H2,1-3H3;4H,1-3H3;1H4. The zero-order chi connectivity index (χ0) is 17.4. The quantitative estimate of drug-likeness (QED) is 0.868. The van der Waals surface area contributed by atoms with Gasteiger partial charge in [-0.3, -0.25) is 4.90 Å². The van der Waals surface area contributed by atoms with Gasteiger partial charge in [0.1, 0.15) is 0 Å². The lowest BCUT2D eigenvalue weighted by atomic mass is 9.90. The van der Waals surface area contributed by atoms with Crippen LogP contribution in [0, 0.1) is 5.92 Å². The second kappa shape index (κ2) is 11.3. The van der Waals surface area contributed by atoms with Crippen LogP contribution in [0.2, 0.25) is 0 Å². The SMILES string of the molecule is C.CC(C)C.CCN1CCc2cc(OC)c(OC)cc2C1CCO. The molecule has 4 nitrogen and oxygen atoms in total. The lowest BCUT2D eigenvalue weighted by Crippen LogP contribution is -2.35. The molecule has 4 heteroatoms. The minimum absolute atomic E-state index is 0. The molecule has 24 heavy (non-hydrogen) atoms. The summed E-state index contributed by atoms with van der Waals surface area (Å²) in [6.45, 7) is 10.9. The minimum atomic E-state index is 0. The van der Waals surface area contributed by atoms with Crippen LogP contribution in [-0.4, -0.2) is 43.9 Å². The number of methoxy groups -OCH3 is 2. The predicted octanol–water partition coefficient (Wildman–Crippen LogP) is 4.30. The van der Waals surface area contributed by atoms with Gasteiger partial charge in [-0.1, -0.05) is 35.1 Å². The van der Waals surface area contributed by atoms with Crippen LogP contribution in [0.4, 0.5) is 0 Å². The molecule has 0 radical (unpaired) electrons. The Morgan fingerprint density at radius 1 is 1.17 bits per heavy atom. The van der Waals surface area contributed by atoms with Crippen molar-refractivity contribution in [1.29, 1.82) is 0 Å². The normalized spacial score (nSPS) is 16.6. The summed E-state index contributed by atoms with van der Waals surface area (Å²) in [6.07, 6.45) is 1.78. The molecule has 1 unspecified atom stereocenters. The first-order valence-electron chi connectivity index (χ1n) is 8.58. The Hall–Kier alpha value is -1.26. The number of benzene rings is 1. The highest BCUT2D eigenvalue weighted by Gasteiger charge is 2.27. The van der Waals surface area contributed by atoms with Gasteiger partial charge in [-0.15, -0.1) is 0 Å². The molecular formula is C20H37NO3. The van der Waals surface area contributed by atoms with Gasteiger partial charge in [-0.2, -0.15) is 0 Å². The van der Waals surface area contributed by atoms with E-state index in [1.165, 1.54) is 11.1 Å². The highest BCUT2D eigenvalue weighted by atomic mass is 16.5. The number of nitrogens with zero attached hydrogens (tertiary/aromatic N) is 1. The van der Waals surface area contributed by atoms with Gasteiger partial charge in [0.15, 0.2) is 11.5 Å². The molecule has 0 aliphatic carbocycles. The molecule has 0 saturated carbocycles. The Labute approximate surface area is 148 Å². The monoisotopic (exact) mass is 339 g/mol. The first-order chi connectivity index (χ1) is 11.0. The Morgan fingerprint density at radius 2 is 1.71 bits per heavy atom. The van der Waals surface area contributed by atoms with Gasteiger partial charge in [-0.05, 0) is 48.6 Å². The van der Waals surface area contributed by atoms with Crippen LogP contribution < -0.4 is 9.47 Å². The average Bonchev–Trinajstić information content (AvgIpc) is 2.53. The van der Waals surface area contributed by atoms with Crippen molar-refractivity contribution in [2.45, 2.75) is 54.0 Å². The van der Waals surface area contributed by atoms with E-state index in [0.717, 1.165) is 43.3 Å². The smallest absolute Gasteiger partial charge is 0.161 e. The fraction of sp³-hybridized carbons (Fsp3) is 0.700. The van der Waals surface area contributed by atoms with E-state index in [4.69, 9.17) is 9.47 Å². The molecular weight excluding hydrogens is 302 g/mol. The van der Waals surface area contributed by atoms with E-state index in [0.29, 0.717) is 0 Å². The molecule has 0 fully saturated rings. The average molecular weight is 340 g/mol. The molecule has 140 valence electrons. The Bertz CT molecular complexity index is 471. The fourth-order valence-corrected chi connectivity index (χ4v) is 2.92. The Balaban J connectivity index is 0.000000954. The Kier molecular flexibility index (Phi) is 10.7. The third-order valence-corrected chi connectivity index (χ3v) is 3.92. The number of hydrogen-bond donors (Lipinski definition) is 1. The molecule has 0 spiro atoms. The molecule has 0 amide bonds. The summed E-state index contributed by atoms with van der Waals surface area (Å²) in [4.78, 5) is 2.41. The van der Waals surface area contributed by atoms with Crippen LogP contribution in [0.1, 0.15) is 58.7 Å². The maximum Gasteiger partial charge on any atom is 0.161 e. The van der Waals surface area contributed by atoms with Gasteiger partial charge in [0, 0.05) is 19.2 Å². The topological polar surface area (TPSA) is 41.9 Å². The van der Waals surface area contributed by atoms with Crippen LogP contribution in [0.25, 0.3) is 0 Å². The summed E-state index contributed by atoms with van der Waals surface area (Å²) in [5.41, 5.74) is 2.57. The molecule has 1 N–H and O–H groups in total. The molecule has 2 rings (SSSR count). The summed E-state index contributed by atoms with van der Waals surface area (Å²) < 4.78 is 10.8. The van der Waals surface area contributed by atoms with Crippen LogP contribution in [0.5, 0.6) is 11.5 Å². The first-order valence-corrected chi connectivity index (χ1v) is 8.58. The van der Waals surface area contributed by atoms with E-state index in [1.54, 1.807) is 14.2 Å². The van der Waals surface area contributed by atoms with Gasteiger partial charge < -0.3 is 14.6 Å². The molecule has 1 aliphatic rings. The fourth-order valence-electron chi connectivity index (χ4n) is 2.92. The summed E-state index contributed by atoms with van der Waals surface area (Å²) in [5, 5.41) is 9.30. The van der Waals surface area contributed by atoms with E-state index in [2.05, 4.69) is 44.7 Å². The number of hydrogen-bond acceptors (Lipinski definition) is 4. The minimum Gasteiger partial charge on any atom is -0.493 e. The van der Waals surface area contributed by atoms with Crippen molar-refractivity contribution in [2.24, 2.45) is 5.92 Å². The lowest BCUT2D eigenvalue weighted by molar-refractivity contribution is 0.153. The lowest BCUT2D eigenvalue weighted by Gasteiger charge is -2.37. The largest absolute Gasteiger partial charge is 0.493 e. The third-order valence-electron chi connectivity index (χ3n) is 3.92. The van der Waals surface area contributed by atoms with Crippen LogP contribution in [-0.2, 0) is 6.42 Å². The van der Waals surface area contributed by atoms with Crippen molar-refractivity contribution in [2.75, 3.05) is 33.9 Å². The van der Waals surface area contributed by atoms with E-state index in [9.17, 15) is 5.11 Å². The van der Waals surface area contributed by atoms with Crippen molar-refractivity contribution in [1.82, 2.24) is 4.90 Å². The second-order valence-corrected chi connectivity index (χ2v) is 6.54. The number of likely N-dealkylation sites (N-methyl/N-ethyl adjacent to an activating group) is 1. The summed E-state index contributed by atoms with van der Waals surface area (Å²) >= 11 is 0. The van der Waals surface area contributed by atoms with E-state index < -0.39 is 0 Å². The van der Waals surface area contributed by atoms with Crippen molar-refractivity contribution in [3.8, 4) is 11.5 Å². The molecule has 0 aromatic heterocycles. The van der Waals surface area contributed by atoms with Gasteiger partial charge in [0.2, 0.25) is 0 Å². The highest BCUT2D eigenvalue weighted by molar-refractivity contribution is 5.49. The summed E-state index contributed by atoms with van der Waals surface area (Å²) in [7, 11) is 3.32. The van der Waals surface area contributed by atoms with Crippen LogP contribution >= 0.6 is 0 Å². The van der Waals surface area contributed by atoms with E-state index >= 15 is 0 Å². The van der Waals surface area contributed by atoms with Gasteiger partial charge in [0.25, 0.3) is 0 Å². The molecule has 1 aromatic rings. The maximum absolute atomic E-state index is 9.30. The Morgan fingerprint density at radius 3 is 2.17 bits per heavy atom. The van der Waals surface area contributed by atoms with Crippen molar-refractivity contribution in [3.05, 3.63) is 23.3 Å². The number of fused-ring (bicyclic) bond motifs is 1. The van der Waals surface area contributed by atoms with E-state index in [1.807, 2.05) is 0 Å². The molecule has 1 aromatic carbocycles. The molecule has 0 saturated heterocycles. The van der Waals surface area contributed by atoms with E-state index in [-0.39, 0.29) is 20.1 Å². The van der Waals surface area contributed by atoms with Crippen LogP contribution in [0.3, 0.4) is 0 Å². The predicted molar refractivity (Wildman–Crippen MR) is 102 cm³/mol. The summed E-state index contributed by atoms with van der Waals surface area (Å²) in [5.74, 6) is 2.39. The number of aliphatic hydroxyl groups is 1. The first kappa shape index (κ1) is 22.7. The van der Waals surface area contributed by atoms with Gasteiger partial charge in [-0.25, -0.2) is 0 Å². The van der Waals surface area contributed by atoms with Crippen molar-refractivity contribution >= 4 is 0 Å². The van der Waals surface area contributed by atoms with Gasteiger partial charge in [0.05, 0.1) is 14.2 Å². The molecule has 0 bridgehead atoms. The second-order valence-electron chi connectivity index (χ2n) is 6.54. The zero-order valence-corrected chi connectivity index (χ0v) is 15.6. The molecule has 1 heterocycles. The molecule has 1 aliphatic heterocycles. The zero-order valence-electron chi connectivity index (χ0n) is 15.6. The van der Waals surface area contributed by atoms with Crippen LogP contribution in [0.15, 0.2) is 12.1 Å². The van der Waals surface area contributed by atoms with Gasteiger partial charge >= 0.3 is 0 Å². The summed E-state index contributed by atoms with van der Waals surface area (Å²) in [6, 6.07) is 4.42. The number of rotatable bonds is 5. The maximum atomic E-state index is 9.30. The molecule has 1 atom stereocenters. The highest BCUT2D eigenvalue weighted by Crippen LogP contribution is 2.39.